The number of aryl methyl sites for hydroxylation is 4. The van der Waals surface area contributed by atoms with E-state index in [-0.39, 0.29) is 12.5 Å². The number of amides is 1. The molecule has 1 N–H and O–H groups in total. The van der Waals surface area contributed by atoms with Crippen LogP contribution in [0.15, 0.2) is 30.7 Å². The third kappa shape index (κ3) is 4.66. The van der Waals surface area contributed by atoms with Gasteiger partial charge in [0.1, 0.15) is 0 Å². The summed E-state index contributed by atoms with van der Waals surface area (Å²) in [5.74, 6) is 0.0558. The molecule has 0 aliphatic carbocycles. The van der Waals surface area contributed by atoms with Gasteiger partial charge in [-0.2, -0.15) is 0 Å². The molecule has 2 rings (SSSR count). The molecular weight excluding hydrogens is 290 g/mol. The molecule has 0 radical (unpaired) electrons. The first-order valence-electron chi connectivity index (χ1n) is 7.91. The van der Waals surface area contributed by atoms with Gasteiger partial charge in [0.25, 0.3) is 0 Å². The Morgan fingerprint density at radius 1 is 1.35 bits per heavy atom. The van der Waals surface area contributed by atoms with Crippen molar-refractivity contribution in [1.29, 1.82) is 0 Å². The third-order valence-electron chi connectivity index (χ3n) is 4.10. The molecule has 5 nitrogen and oxygen atoms in total. The lowest BCUT2D eigenvalue weighted by Crippen LogP contribution is -2.33. The number of carbonyl (C=O) groups excluding carboxylic acids is 1. The minimum absolute atomic E-state index is 0.0346. The molecule has 0 aliphatic rings. The normalized spacial score (nSPS) is 10.8. The van der Waals surface area contributed by atoms with Gasteiger partial charge in [0.05, 0.1) is 25.2 Å². The van der Waals surface area contributed by atoms with Crippen molar-refractivity contribution in [3.63, 3.8) is 0 Å². The van der Waals surface area contributed by atoms with Crippen LogP contribution in [0.25, 0.3) is 0 Å². The van der Waals surface area contributed by atoms with Crippen LogP contribution in [-0.4, -0.2) is 38.6 Å². The number of hydrogen-bond donors (Lipinski definition) is 1. The lowest BCUT2D eigenvalue weighted by Gasteiger charge is -2.22. The lowest BCUT2D eigenvalue weighted by molar-refractivity contribution is -0.132. The fourth-order valence-corrected chi connectivity index (χ4v) is 2.67. The minimum atomic E-state index is -0.0346. The van der Waals surface area contributed by atoms with Gasteiger partial charge < -0.3 is 14.6 Å². The molecule has 0 saturated carbocycles. The molecule has 1 heterocycles. The van der Waals surface area contributed by atoms with Crippen molar-refractivity contribution in [2.75, 3.05) is 13.2 Å². The predicted octanol–water partition coefficient (Wildman–Crippen LogP) is 1.99. The summed E-state index contributed by atoms with van der Waals surface area (Å²) in [6.07, 6.45) is 4.63. The average molecular weight is 315 g/mol. The largest absolute Gasteiger partial charge is 0.395 e. The maximum atomic E-state index is 12.5. The van der Waals surface area contributed by atoms with Crippen LogP contribution in [-0.2, 0) is 24.8 Å². The highest BCUT2D eigenvalue weighted by Gasteiger charge is 2.15. The summed E-state index contributed by atoms with van der Waals surface area (Å²) in [7, 11) is 1.90. The van der Waals surface area contributed by atoms with Crippen LogP contribution >= 0.6 is 0 Å². The van der Waals surface area contributed by atoms with Gasteiger partial charge in [0.15, 0.2) is 0 Å². The molecule has 1 aromatic carbocycles. The van der Waals surface area contributed by atoms with Crippen molar-refractivity contribution in [1.82, 2.24) is 14.5 Å². The van der Waals surface area contributed by atoms with E-state index in [1.165, 1.54) is 16.7 Å². The number of carbonyl (C=O) groups is 1. The number of hydrogen-bond acceptors (Lipinski definition) is 3. The molecule has 2 aromatic rings. The van der Waals surface area contributed by atoms with E-state index in [2.05, 4.69) is 37.0 Å². The molecule has 23 heavy (non-hydrogen) atoms. The molecule has 0 atom stereocenters. The zero-order valence-corrected chi connectivity index (χ0v) is 14.1. The first-order valence-corrected chi connectivity index (χ1v) is 7.91. The Morgan fingerprint density at radius 2 is 2.13 bits per heavy atom. The third-order valence-corrected chi connectivity index (χ3v) is 4.10. The molecular formula is C18H25N3O2. The zero-order valence-electron chi connectivity index (χ0n) is 14.1. The average Bonchev–Trinajstić information content (AvgIpc) is 2.91. The maximum Gasteiger partial charge on any atom is 0.223 e. The number of aromatic nitrogens is 2. The summed E-state index contributed by atoms with van der Waals surface area (Å²) in [5, 5.41) is 9.23. The molecule has 0 fully saturated rings. The second-order valence-electron chi connectivity index (χ2n) is 5.96. The highest BCUT2D eigenvalue weighted by atomic mass is 16.3. The number of nitrogens with zero attached hydrogens (tertiary/aromatic N) is 3. The van der Waals surface area contributed by atoms with Crippen molar-refractivity contribution in [3.05, 3.63) is 53.1 Å². The van der Waals surface area contributed by atoms with Crippen LogP contribution in [0.1, 0.15) is 28.8 Å². The minimum Gasteiger partial charge on any atom is -0.395 e. The Morgan fingerprint density at radius 3 is 2.74 bits per heavy atom. The number of benzene rings is 1. The summed E-state index contributed by atoms with van der Waals surface area (Å²) in [6, 6.07) is 6.31. The van der Waals surface area contributed by atoms with E-state index in [0.717, 1.165) is 12.1 Å². The van der Waals surface area contributed by atoms with E-state index in [0.29, 0.717) is 19.5 Å². The van der Waals surface area contributed by atoms with E-state index >= 15 is 0 Å². The molecule has 0 saturated heterocycles. The fourth-order valence-electron chi connectivity index (χ4n) is 2.67. The SMILES string of the molecule is Cc1ccc(CCC(=O)N(CCO)Cc2cncn2C)c(C)c1. The first-order chi connectivity index (χ1) is 11.0. The second-order valence-corrected chi connectivity index (χ2v) is 5.96. The molecule has 1 amide bonds. The van der Waals surface area contributed by atoms with Gasteiger partial charge in [-0.05, 0) is 31.4 Å². The number of aliphatic hydroxyl groups excluding tert-OH is 1. The summed E-state index contributed by atoms with van der Waals surface area (Å²) in [6.45, 7) is 4.93. The van der Waals surface area contributed by atoms with E-state index in [9.17, 15) is 9.90 Å². The molecule has 0 aliphatic heterocycles. The van der Waals surface area contributed by atoms with Gasteiger partial charge in [-0.15, -0.1) is 0 Å². The summed E-state index contributed by atoms with van der Waals surface area (Å²) >= 11 is 0. The molecule has 0 bridgehead atoms. The Bertz CT molecular complexity index is 664. The van der Waals surface area contributed by atoms with E-state index in [4.69, 9.17) is 0 Å². The van der Waals surface area contributed by atoms with Crippen molar-refractivity contribution in [2.24, 2.45) is 7.05 Å². The number of rotatable bonds is 7. The van der Waals surface area contributed by atoms with Crippen LogP contribution in [0.2, 0.25) is 0 Å². The van der Waals surface area contributed by atoms with Gasteiger partial charge in [-0.1, -0.05) is 23.8 Å². The van der Waals surface area contributed by atoms with Crippen molar-refractivity contribution in [3.8, 4) is 0 Å². The number of imidazole rings is 1. The standard InChI is InChI=1S/C18H25N3O2/c1-14-4-5-16(15(2)10-14)6-7-18(23)21(8-9-22)12-17-11-19-13-20(17)3/h4-5,10-11,13,22H,6-9,12H2,1-3H3. The topological polar surface area (TPSA) is 58.4 Å². The smallest absolute Gasteiger partial charge is 0.223 e. The Balaban J connectivity index is 1.99. The van der Waals surface area contributed by atoms with E-state index in [1.807, 2.05) is 11.6 Å². The van der Waals surface area contributed by atoms with Crippen LogP contribution in [0.4, 0.5) is 0 Å². The van der Waals surface area contributed by atoms with Crippen molar-refractivity contribution in [2.45, 2.75) is 33.2 Å². The van der Waals surface area contributed by atoms with Gasteiger partial charge >= 0.3 is 0 Å². The highest BCUT2D eigenvalue weighted by Crippen LogP contribution is 2.14. The zero-order chi connectivity index (χ0) is 16.8. The fraction of sp³-hybridized carbons (Fsp3) is 0.444. The van der Waals surface area contributed by atoms with E-state index < -0.39 is 0 Å². The van der Waals surface area contributed by atoms with Crippen LogP contribution in [0.3, 0.4) is 0 Å². The predicted molar refractivity (Wildman–Crippen MR) is 89.9 cm³/mol. The summed E-state index contributed by atoms with van der Waals surface area (Å²) in [4.78, 5) is 18.3. The van der Waals surface area contributed by atoms with Gasteiger partial charge in [0, 0.05) is 26.2 Å². The summed E-state index contributed by atoms with van der Waals surface area (Å²) < 4.78 is 1.89. The quantitative estimate of drug-likeness (QED) is 0.850. The van der Waals surface area contributed by atoms with Gasteiger partial charge in [-0.25, -0.2) is 4.98 Å². The summed E-state index contributed by atoms with van der Waals surface area (Å²) in [5.41, 5.74) is 4.61. The van der Waals surface area contributed by atoms with Crippen LogP contribution < -0.4 is 0 Å². The molecule has 1 aromatic heterocycles. The Kier molecular flexibility index (Phi) is 5.93. The molecule has 124 valence electrons. The maximum absolute atomic E-state index is 12.5. The number of aliphatic hydroxyl groups is 1. The van der Waals surface area contributed by atoms with Crippen molar-refractivity contribution < 1.29 is 9.90 Å². The monoisotopic (exact) mass is 315 g/mol. The van der Waals surface area contributed by atoms with Gasteiger partial charge in [-0.3, -0.25) is 4.79 Å². The second kappa shape index (κ2) is 7.92. The van der Waals surface area contributed by atoms with Gasteiger partial charge in [0.2, 0.25) is 5.91 Å². The lowest BCUT2D eigenvalue weighted by atomic mass is 10.0. The van der Waals surface area contributed by atoms with E-state index in [1.54, 1.807) is 17.4 Å². The van der Waals surface area contributed by atoms with Crippen LogP contribution in [0.5, 0.6) is 0 Å². The van der Waals surface area contributed by atoms with Crippen molar-refractivity contribution >= 4 is 5.91 Å². The Labute approximate surface area is 137 Å². The molecule has 0 spiro atoms. The first kappa shape index (κ1) is 17.2. The Hall–Kier alpha value is -2.14. The molecule has 0 unspecified atom stereocenters. The van der Waals surface area contributed by atoms with Crippen LogP contribution in [0, 0.1) is 13.8 Å². The highest BCUT2D eigenvalue weighted by molar-refractivity contribution is 5.76. The molecule has 5 heteroatoms.